The minimum Gasteiger partial charge on any atom is -0.496 e. The van der Waals surface area contributed by atoms with E-state index in [0.29, 0.717) is 22.3 Å². The predicted octanol–water partition coefficient (Wildman–Crippen LogP) is 1.82. The predicted molar refractivity (Wildman–Crippen MR) is 105 cm³/mol. The van der Waals surface area contributed by atoms with Crippen molar-refractivity contribution in [3.05, 3.63) is 17.7 Å². The first-order valence-electron chi connectivity index (χ1n) is 8.56. The van der Waals surface area contributed by atoms with Gasteiger partial charge in [-0.2, -0.15) is 0 Å². The van der Waals surface area contributed by atoms with Gasteiger partial charge in [-0.3, -0.25) is 4.90 Å². The summed E-state index contributed by atoms with van der Waals surface area (Å²) in [7, 11) is -1.91. The molecule has 25 heavy (non-hydrogen) atoms. The second kappa shape index (κ2) is 8.33. The number of methoxy groups -OCH3 is 1. The molecular weight excluding hydrogens is 358 g/mol. The number of ether oxygens (including phenoxy) is 1. The Morgan fingerprint density at radius 1 is 1.44 bits per heavy atom. The highest BCUT2D eigenvalue weighted by Gasteiger charge is 2.24. The van der Waals surface area contributed by atoms with Gasteiger partial charge in [0.15, 0.2) is 9.84 Å². The van der Waals surface area contributed by atoms with Crippen molar-refractivity contribution in [2.75, 3.05) is 38.2 Å². The molecule has 1 unspecified atom stereocenters. The molecule has 0 saturated carbocycles. The SMILES string of the molecule is CCN1CCCC1CNC(=S)c1cc(S(=O)(=O)CC)c(N)cc1OC. The second-order valence-electron chi connectivity index (χ2n) is 6.13. The number of hydrogen-bond donors (Lipinski definition) is 2. The summed E-state index contributed by atoms with van der Waals surface area (Å²) < 4.78 is 29.9. The van der Waals surface area contributed by atoms with Gasteiger partial charge in [-0.05, 0) is 32.0 Å². The number of benzene rings is 1. The lowest BCUT2D eigenvalue weighted by Gasteiger charge is -2.24. The van der Waals surface area contributed by atoms with Gasteiger partial charge in [0, 0.05) is 18.7 Å². The van der Waals surface area contributed by atoms with Crippen LogP contribution >= 0.6 is 12.2 Å². The smallest absolute Gasteiger partial charge is 0.180 e. The molecule has 1 saturated heterocycles. The number of hydrogen-bond acceptors (Lipinski definition) is 6. The fourth-order valence-corrected chi connectivity index (χ4v) is 4.46. The fraction of sp³-hybridized carbons (Fsp3) is 0.588. The summed E-state index contributed by atoms with van der Waals surface area (Å²) in [5.41, 5.74) is 6.64. The van der Waals surface area contributed by atoms with Crippen LogP contribution in [0.15, 0.2) is 17.0 Å². The second-order valence-corrected chi connectivity index (χ2v) is 8.78. The minimum absolute atomic E-state index is 0.0172. The molecule has 0 amide bonds. The van der Waals surface area contributed by atoms with Crippen LogP contribution in [0.5, 0.6) is 5.75 Å². The van der Waals surface area contributed by atoms with Crippen molar-refractivity contribution < 1.29 is 13.2 Å². The van der Waals surface area contributed by atoms with Crippen molar-refractivity contribution >= 4 is 32.7 Å². The van der Waals surface area contributed by atoms with E-state index in [2.05, 4.69) is 17.1 Å². The summed E-state index contributed by atoms with van der Waals surface area (Å²) in [6.07, 6.45) is 2.33. The molecule has 1 aliphatic rings. The molecule has 0 aliphatic carbocycles. The highest BCUT2D eigenvalue weighted by molar-refractivity contribution is 7.91. The fourth-order valence-electron chi connectivity index (χ4n) is 3.20. The molecule has 1 aromatic rings. The van der Waals surface area contributed by atoms with Gasteiger partial charge in [0.05, 0.1) is 29.0 Å². The van der Waals surface area contributed by atoms with Crippen LogP contribution in [0.25, 0.3) is 0 Å². The number of likely N-dealkylation sites (tertiary alicyclic amines) is 1. The molecule has 0 aromatic heterocycles. The van der Waals surface area contributed by atoms with E-state index in [4.69, 9.17) is 22.7 Å². The number of rotatable bonds is 7. The lowest BCUT2D eigenvalue weighted by molar-refractivity contribution is 0.267. The van der Waals surface area contributed by atoms with Crippen LogP contribution in [-0.4, -0.2) is 56.8 Å². The Bertz CT molecular complexity index is 735. The molecule has 6 nitrogen and oxygen atoms in total. The zero-order chi connectivity index (χ0) is 18.6. The van der Waals surface area contributed by atoms with Crippen LogP contribution in [0.2, 0.25) is 0 Å². The van der Waals surface area contributed by atoms with Gasteiger partial charge in [-0.15, -0.1) is 0 Å². The first kappa shape index (κ1) is 19.9. The van der Waals surface area contributed by atoms with Crippen LogP contribution in [0.4, 0.5) is 5.69 Å². The molecule has 2 rings (SSSR count). The maximum absolute atomic E-state index is 12.3. The Morgan fingerprint density at radius 2 is 2.16 bits per heavy atom. The van der Waals surface area contributed by atoms with E-state index in [1.807, 2.05) is 0 Å². The van der Waals surface area contributed by atoms with Gasteiger partial charge in [0.25, 0.3) is 0 Å². The highest BCUT2D eigenvalue weighted by Crippen LogP contribution is 2.29. The van der Waals surface area contributed by atoms with E-state index in [1.54, 1.807) is 6.92 Å². The zero-order valence-corrected chi connectivity index (χ0v) is 16.7. The number of nitrogen functional groups attached to an aromatic ring is 1. The average Bonchev–Trinajstić information content (AvgIpc) is 3.06. The van der Waals surface area contributed by atoms with Gasteiger partial charge in [-0.25, -0.2) is 8.42 Å². The van der Waals surface area contributed by atoms with Crippen molar-refractivity contribution in [1.29, 1.82) is 0 Å². The van der Waals surface area contributed by atoms with E-state index in [0.717, 1.165) is 26.1 Å². The quantitative estimate of drug-likeness (QED) is 0.547. The van der Waals surface area contributed by atoms with E-state index >= 15 is 0 Å². The summed E-state index contributed by atoms with van der Waals surface area (Å²) in [6, 6.07) is 3.50. The van der Waals surface area contributed by atoms with E-state index in [-0.39, 0.29) is 16.3 Å². The summed E-state index contributed by atoms with van der Waals surface area (Å²) >= 11 is 5.50. The Morgan fingerprint density at radius 3 is 2.76 bits per heavy atom. The molecule has 1 aliphatic heterocycles. The first-order chi connectivity index (χ1) is 11.8. The molecule has 0 spiro atoms. The zero-order valence-electron chi connectivity index (χ0n) is 15.0. The number of anilines is 1. The Labute approximate surface area is 155 Å². The maximum Gasteiger partial charge on any atom is 0.180 e. The van der Waals surface area contributed by atoms with E-state index < -0.39 is 9.84 Å². The lowest BCUT2D eigenvalue weighted by atomic mass is 10.1. The first-order valence-corrected chi connectivity index (χ1v) is 10.6. The third kappa shape index (κ3) is 4.43. The van der Waals surface area contributed by atoms with Crippen LogP contribution in [-0.2, 0) is 9.84 Å². The van der Waals surface area contributed by atoms with Crippen molar-refractivity contribution in [2.45, 2.75) is 37.6 Å². The Hall–Kier alpha value is -1.38. The monoisotopic (exact) mass is 385 g/mol. The Kier molecular flexibility index (Phi) is 6.65. The van der Waals surface area contributed by atoms with Crippen LogP contribution in [0.1, 0.15) is 32.3 Å². The maximum atomic E-state index is 12.3. The van der Waals surface area contributed by atoms with E-state index in [9.17, 15) is 8.42 Å². The van der Waals surface area contributed by atoms with Crippen molar-refractivity contribution in [1.82, 2.24) is 10.2 Å². The summed E-state index contributed by atoms with van der Waals surface area (Å²) in [6.45, 7) is 6.61. The van der Waals surface area contributed by atoms with Crippen LogP contribution < -0.4 is 15.8 Å². The molecule has 1 aromatic carbocycles. The molecule has 3 N–H and O–H groups in total. The normalized spacial score (nSPS) is 18.3. The number of thiocarbonyl (C=S) groups is 1. The molecule has 0 radical (unpaired) electrons. The Balaban J connectivity index is 2.24. The molecule has 140 valence electrons. The van der Waals surface area contributed by atoms with Crippen molar-refractivity contribution in [2.24, 2.45) is 0 Å². The largest absolute Gasteiger partial charge is 0.496 e. The van der Waals surface area contributed by atoms with Crippen LogP contribution in [0, 0.1) is 0 Å². The number of sulfone groups is 1. The molecule has 1 fully saturated rings. The molecule has 1 heterocycles. The minimum atomic E-state index is -3.43. The number of nitrogens with zero attached hydrogens (tertiary/aromatic N) is 1. The summed E-state index contributed by atoms with van der Waals surface area (Å²) in [5.74, 6) is 0.459. The standard InChI is InChI=1S/C17H27N3O3S2/c1-4-20-8-6-7-12(20)11-19-17(24)13-9-16(25(21,22)5-2)14(18)10-15(13)23-3/h9-10,12H,4-8,11,18H2,1-3H3,(H,19,24). The van der Waals surface area contributed by atoms with Crippen molar-refractivity contribution in [3.8, 4) is 5.75 Å². The molecular formula is C17H27N3O3S2. The van der Waals surface area contributed by atoms with E-state index in [1.165, 1.54) is 25.7 Å². The highest BCUT2D eigenvalue weighted by atomic mass is 32.2. The topological polar surface area (TPSA) is 84.7 Å². The third-order valence-electron chi connectivity index (χ3n) is 4.70. The number of likely N-dealkylation sites (N-methyl/N-ethyl adjacent to an activating group) is 1. The number of nitrogens with two attached hydrogens (primary N) is 1. The summed E-state index contributed by atoms with van der Waals surface area (Å²) in [5, 5.41) is 3.27. The third-order valence-corrected chi connectivity index (χ3v) is 6.84. The lowest BCUT2D eigenvalue weighted by Crippen LogP contribution is -2.39. The molecule has 1 atom stereocenters. The molecule has 8 heteroatoms. The van der Waals surface area contributed by atoms with Crippen molar-refractivity contribution in [3.63, 3.8) is 0 Å². The average molecular weight is 386 g/mol. The van der Waals surface area contributed by atoms with Gasteiger partial charge in [0.2, 0.25) is 0 Å². The van der Waals surface area contributed by atoms with Gasteiger partial charge in [-0.1, -0.05) is 26.1 Å². The van der Waals surface area contributed by atoms with Gasteiger partial charge in [0.1, 0.15) is 10.7 Å². The molecule has 0 bridgehead atoms. The van der Waals surface area contributed by atoms with Gasteiger partial charge < -0.3 is 15.8 Å². The van der Waals surface area contributed by atoms with Crippen LogP contribution in [0.3, 0.4) is 0 Å². The summed E-state index contributed by atoms with van der Waals surface area (Å²) in [4.78, 5) is 3.00. The number of nitrogens with one attached hydrogen (secondary N) is 1. The van der Waals surface area contributed by atoms with Gasteiger partial charge >= 0.3 is 0 Å².